The van der Waals surface area contributed by atoms with E-state index < -0.39 is 0 Å². The Balaban J connectivity index is 1.35. The Morgan fingerprint density at radius 3 is 2.63 bits per heavy atom. The maximum absolute atomic E-state index is 13.3. The highest BCUT2D eigenvalue weighted by Crippen LogP contribution is 2.20. The number of nitrogens with zero attached hydrogens (tertiary/aromatic N) is 1. The number of carbonyl (C=O) groups excluding carboxylic acids is 1. The standard InChI is InChI=1S/C25H20FN3O/c26-22-3-1-2-18(13-22)12-17-4-7-20(8-5-17)25(30)28-11-10-21-16-29-24-9-6-19(15-27)14-23(21)24/h1-9,13-14,16,29H,10-12H2,(H,28,30). The molecule has 30 heavy (non-hydrogen) atoms. The van der Waals surface area contributed by atoms with E-state index in [1.807, 2.05) is 36.5 Å². The van der Waals surface area contributed by atoms with Crippen LogP contribution in [0.3, 0.4) is 0 Å². The molecule has 2 N–H and O–H groups in total. The number of rotatable bonds is 6. The highest BCUT2D eigenvalue weighted by atomic mass is 19.1. The summed E-state index contributed by atoms with van der Waals surface area (Å²) in [7, 11) is 0. The Morgan fingerprint density at radius 1 is 1.03 bits per heavy atom. The monoisotopic (exact) mass is 397 g/mol. The summed E-state index contributed by atoms with van der Waals surface area (Å²) in [5.41, 5.74) is 5.15. The molecule has 4 aromatic rings. The number of amides is 1. The van der Waals surface area contributed by atoms with Crippen LogP contribution in [0.2, 0.25) is 0 Å². The van der Waals surface area contributed by atoms with E-state index in [4.69, 9.17) is 5.26 Å². The fraction of sp³-hybridized carbons (Fsp3) is 0.120. The molecule has 4 nitrogen and oxygen atoms in total. The van der Waals surface area contributed by atoms with E-state index >= 15 is 0 Å². The van der Waals surface area contributed by atoms with E-state index in [0.29, 0.717) is 30.5 Å². The van der Waals surface area contributed by atoms with Crippen molar-refractivity contribution in [3.05, 3.63) is 107 Å². The van der Waals surface area contributed by atoms with Gasteiger partial charge in [0.2, 0.25) is 0 Å². The molecule has 0 saturated carbocycles. The Morgan fingerprint density at radius 2 is 1.87 bits per heavy atom. The van der Waals surface area contributed by atoms with Crippen molar-refractivity contribution in [3.63, 3.8) is 0 Å². The van der Waals surface area contributed by atoms with Crippen LogP contribution in [0, 0.1) is 17.1 Å². The molecule has 0 bridgehead atoms. The first-order chi connectivity index (χ1) is 14.6. The third kappa shape index (κ3) is 4.39. The first-order valence-corrected chi connectivity index (χ1v) is 9.74. The van der Waals surface area contributed by atoms with Gasteiger partial charge < -0.3 is 10.3 Å². The second kappa shape index (κ2) is 8.62. The van der Waals surface area contributed by atoms with E-state index in [-0.39, 0.29) is 11.7 Å². The van der Waals surface area contributed by atoms with Gasteiger partial charge in [-0.25, -0.2) is 4.39 Å². The number of aromatic amines is 1. The lowest BCUT2D eigenvalue weighted by Crippen LogP contribution is -2.25. The molecule has 1 aromatic heterocycles. The average molecular weight is 397 g/mol. The minimum atomic E-state index is -0.248. The summed E-state index contributed by atoms with van der Waals surface area (Å²) in [6.07, 6.45) is 3.20. The van der Waals surface area contributed by atoms with Gasteiger partial charge in [-0.15, -0.1) is 0 Å². The van der Waals surface area contributed by atoms with Crippen molar-refractivity contribution in [2.24, 2.45) is 0 Å². The zero-order valence-corrected chi connectivity index (χ0v) is 16.3. The molecule has 5 heteroatoms. The highest BCUT2D eigenvalue weighted by Gasteiger charge is 2.08. The number of carbonyl (C=O) groups is 1. The molecule has 0 unspecified atom stereocenters. The van der Waals surface area contributed by atoms with Crippen LogP contribution in [0.1, 0.15) is 32.6 Å². The Bertz CT molecular complexity index is 1240. The first-order valence-electron chi connectivity index (χ1n) is 9.74. The smallest absolute Gasteiger partial charge is 0.251 e. The van der Waals surface area contributed by atoms with Crippen LogP contribution in [0.4, 0.5) is 4.39 Å². The zero-order chi connectivity index (χ0) is 20.9. The number of aromatic nitrogens is 1. The minimum absolute atomic E-state index is 0.134. The van der Waals surface area contributed by atoms with Gasteiger partial charge in [-0.05, 0) is 72.0 Å². The fourth-order valence-corrected chi connectivity index (χ4v) is 3.52. The van der Waals surface area contributed by atoms with Gasteiger partial charge in [0.25, 0.3) is 5.91 Å². The number of nitriles is 1. The van der Waals surface area contributed by atoms with E-state index in [1.165, 1.54) is 12.1 Å². The summed E-state index contributed by atoms with van der Waals surface area (Å²) in [4.78, 5) is 15.6. The normalized spacial score (nSPS) is 10.7. The van der Waals surface area contributed by atoms with Crippen LogP contribution >= 0.6 is 0 Å². The average Bonchev–Trinajstić information content (AvgIpc) is 3.16. The molecule has 0 radical (unpaired) electrons. The molecule has 0 aliphatic carbocycles. The van der Waals surface area contributed by atoms with E-state index in [2.05, 4.69) is 16.4 Å². The molecule has 0 aliphatic heterocycles. The Hall–Kier alpha value is -3.91. The van der Waals surface area contributed by atoms with Crippen LogP contribution in [0.5, 0.6) is 0 Å². The number of fused-ring (bicyclic) bond motifs is 1. The van der Waals surface area contributed by atoms with Gasteiger partial charge >= 0.3 is 0 Å². The van der Waals surface area contributed by atoms with Crippen LogP contribution in [-0.4, -0.2) is 17.4 Å². The molecular formula is C25H20FN3O. The Labute approximate surface area is 174 Å². The van der Waals surface area contributed by atoms with Crippen molar-refractivity contribution >= 4 is 16.8 Å². The SMILES string of the molecule is N#Cc1ccc2[nH]cc(CCNC(=O)c3ccc(Cc4cccc(F)c4)cc3)c2c1. The number of halogens is 1. The van der Waals surface area contributed by atoms with Crippen molar-refractivity contribution in [3.8, 4) is 6.07 Å². The van der Waals surface area contributed by atoms with Crippen LogP contribution in [0.15, 0.2) is 72.9 Å². The third-order valence-electron chi connectivity index (χ3n) is 5.09. The molecule has 4 rings (SSSR count). The van der Waals surface area contributed by atoms with E-state index in [9.17, 15) is 9.18 Å². The van der Waals surface area contributed by atoms with Gasteiger partial charge in [0.1, 0.15) is 5.82 Å². The van der Waals surface area contributed by atoms with Crippen molar-refractivity contribution < 1.29 is 9.18 Å². The van der Waals surface area contributed by atoms with Crippen LogP contribution < -0.4 is 5.32 Å². The molecule has 0 aliphatic rings. The molecule has 0 atom stereocenters. The number of H-pyrrole nitrogens is 1. The second-order valence-corrected chi connectivity index (χ2v) is 7.20. The van der Waals surface area contributed by atoms with Gasteiger partial charge in [0.05, 0.1) is 11.6 Å². The maximum atomic E-state index is 13.3. The maximum Gasteiger partial charge on any atom is 0.251 e. The Kier molecular flexibility index (Phi) is 5.58. The highest BCUT2D eigenvalue weighted by molar-refractivity contribution is 5.94. The largest absolute Gasteiger partial charge is 0.361 e. The van der Waals surface area contributed by atoms with Crippen molar-refractivity contribution in [1.82, 2.24) is 10.3 Å². The molecule has 1 heterocycles. The summed E-state index contributed by atoms with van der Waals surface area (Å²) in [5.74, 6) is -0.382. The van der Waals surface area contributed by atoms with Gasteiger partial charge in [0.15, 0.2) is 0 Å². The van der Waals surface area contributed by atoms with E-state index in [1.54, 1.807) is 24.3 Å². The first kappa shape index (κ1) is 19.4. The second-order valence-electron chi connectivity index (χ2n) is 7.20. The number of hydrogen-bond acceptors (Lipinski definition) is 2. The molecular weight excluding hydrogens is 377 g/mol. The van der Waals surface area contributed by atoms with Crippen LogP contribution in [-0.2, 0) is 12.8 Å². The quantitative estimate of drug-likeness (QED) is 0.493. The summed E-state index contributed by atoms with van der Waals surface area (Å²) in [6, 6.07) is 21.6. The summed E-state index contributed by atoms with van der Waals surface area (Å²) in [5, 5.41) is 13.0. The third-order valence-corrected chi connectivity index (χ3v) is 5.09. The number of hydrogen-bond donors (Lipinski definition) is 2. The van der Waals surface area contributed by atoms with Gasteiger partial charge in [-0.1, -0.05) is 24.3 Å². The number of benzene rings is 3. The van der Waals surface area contributed by atoms with Crippen molar-refractivity contribution in [2.45, 2.75) is 12.8 Å². The van der Waals surface area contributed by atoms with Crippen molar-refractivity contribution in [2.75, 3.05) is 6.54 Å². The minimum Gasteiger partial charge on any atom is -0.361 e. The summed E-state index contributed by atoms with van der Waals surface area (Å²) >= 11 is 0. The molecule has 0 spiro atoms. The molecule has 1 amide bonds. The fourth-order valence-electron chi connectivity index (χ4n) is 3.52. The number of nitrogens with one attached hydrogen (secondary N) is 2. The lowest BCUT2D eigenvalue weighted by molar-refractivity contribution is 0.0954. The predicted molar refractivity (Wildman–Crippen MR) is 115 cm³/mol. The van der Waals surface area contributed by atoms with E-state index in [0.717, 1.165) is 27.6 Å². The molecule has 148 valence electrons. The molecule has 3 aromatic carbocycles. The topological polar surface area (TPSA) is 68.7 Å². The van der Waals surface area contributed by atoms with Crippen molar-refractivity contribution in [1.29, 1.82) is 5.26 Å². The van der Waals surface area contributed by atoms with Crippen LogP contribution in [0.25, 0.3) is 10.9 Å². The zero-order valence-electron chi connectivity index (χ0n) is 16.3. The molecule has 0 saturated heterocycles. The van der Waals surface area contributed by atoms with Gasteiger partial charge in [0, 0.05) is 29.2 Å². The lowest BCUT2D eigenvalue weighted by Gasteiger charge is -2.07. The lowest BCUT2D eigenvalue weighted by atomic mass is 10.0. The molecule has 0 fully saturated rings. The summed E-state index contributed by atoms with van der Waals surface area (Å²) in [6.45, 7) is 0.494. The van der Waals surface area contributed by atoms with Gasteiger partial charge in [-0.2, -0.15) is 5.26 Å². The predicted octanol–water partition coefficient (Wildman–Crippen LogP) is 4.74. The summed E-state index contributed by atoms with van der Waals surface area (Å²) < 4.78 is 13.3. The van der Waals surface area contributed by atoms with Gasteiger partial charge in [-0.3, -0.25) is 4.79 Å².